The van der Waals surface area contributed by atoms with Crippen molar-refractivity contribution in [1.82, 2.24) is 19.5 Å². The van der Waals surface area contributed by atoms with E-state index in [0.717, 1.165) is 6.42 Å². The fourth-order valence-electron chi connectivity index (χ4n) is 4.35. The van der Waals surface area contributed by atoms with Crippen LogP contribution < -0.4 is 11.1 Å². The van der Waals surface area contributed by atoms with E-state index in [2.05, 4.69) is 24.8 Å². The van der Waals surface area contributed by atoms with Gasteiger partial charge in [0, 0.05) is 6.54 Å². The molecule has 2 aliphatic rings. The Morgan fingerprint density at radius 1 is 1.20 bits per heavy atom. The number of phosphoric acid groups is 1. The van der Waals surface area contributed by atoms with Gasteiger partial charge in [-0.3, -0.25) is 9.09 Å². The normalized spacial score (nSPS) is 25.7. The van der Waals surface area contributed by atoms with Gasteiger partial charge in [-0.05, 0) is 25.8 Å². The molecule has 13 nitrogen and oxygen atoms in total. The number of benzene rings is 1. The van der Waals surface area contributed by atoms with Crippen LogP contribution in [0.5, 0.6) is 0 Å². The van der Waals surface area contributed by atoms with E-state index in [1.54, 1.807) is 18.4 Å². The molecule has 3 aromatic rings. The zero-order valence-electron chi connectivity index (χ0n) is 19.1. The van der Waals surface area contributed by atoms with Crippen molar-refractivity contribution in [2.75, 3.05) is 24.2 Å². The number of rotatable bonds is 8. The molecular formula is C21H27N6O7P. The molecule has 2 aromatic heterocycles. The van der Waals surface area contributed by atoms with E-state index in [1.807, 2.05) is 30.3 Å². The number of imidazole rings is 1. The van der Waals surface area contributed by atoms with Crippen molar-refractivity contribution in [3.63, 3.8) is 0 Å². The van der Waals surface area contributed by atoms with Gasteiger partial charge < -0.3 is 35.0 Å². The standard InChI is InChI=1S/C21H27N6O7P/c1-21(2)33-15-13(10-31-35(28,29)30)32-19(16(15)34-21)27-11-24-14-17(22)25-20(26-18(14)27)23-9-8-12-6-4-3-5-7-12/h3-7,11,13,15-16,19H,8-10H2,1-2H3,(H2,28,29,30)(H3,22,23,25,26)/t13-,15-,16-,19-/m1/s1. The second-order valence-corrected chi connectivity index (χ2v) is 10.1. The summed E-state index contributed by atoms with van der Waals surface area (Å²) < 4.78 is 35.7. The minimum absolute atomic E-state index is 0.204. The zero-order valence-corrected chi connectivity index (χ0v) is 20.0. The Hall–Kier alpha value is -2.64. The predicted octanol–water partition coefficient (Wildman–Crippen LogP) is 1.59. The summed E-state index contributed by atoms with van der Waals surface area (Å²) in [7, 11) is -4.69. The fourth-order valence-corrected chi connectivity index (χ4v) is 4.70. The Balaban J connectivity index is 1.39. The summed E-state index contributed by atoms with van der Waals surface area (Å²) in [6, 6.07) is 10.0. The number of hydrogen-bond donors (Lipinski definition) is 4. The first-order chi connectivity index (χ1) is 16.6. The van der Waals surface area contributed by atoms with Gasteiger partial charge in [0.25, 0.3) is 0 Å². The number of phosphoric ester groups is 1. The lowest BCUT2D eigenvalue weighted by Gasteiger charge is -2.24. The summed E-state index contributed by atoms with van der Waals surface area (Å²) in [5.74, 6) is -0.380. The van der Waals surface area contributed by atoms with Crippen LogP contribution in [-0.4, -0.2) is 66.6 Å². The molecular weight excluding hydrogens is 479 g/mol. The maximum absolute atomic E-state index is 11.2. The van der Waals surface area contributed by atoms with Crippen molar-refractivity contribution >= 4 is 30.8 Å². The number of hydrogen-bond acceptors (Lipinski definition) is 10. The Kier molecular flexibility index (Phi) is 6.26. The quantitative estimate of drug-likeness (QED) is 0.325. The molecule has 0 spiro atoms. The van der Waals surface area contributed by atoms with Crippen LogP contribution in [0.2, 0.25) is 0 Å². The second-order valence-electron chi connectivity index (χ2n) is 8.84. The lowest BCUT2D eigenvalue weighted by molar-refractivity contribution is -0.199. The van der Waals surface area contributed by atoms with E-state index in [0.29, 0.717) is 23.7 Å². The molecule has 0 amide bonds. The highest BCUT2D eigenvalue weighted by molar-refractivity contribution is 7.46. The van der Waals surface area contributed by atoms with Crippen LogP contribution in [0.1, 0.15) is 25.6 Å². The topological polar surface area (TPSA) is 176 Å². The Bertz CT molecular complexity index is 1250. The average molecular weight is 506 g/mol. The van der Waals surface area contributed by atoms with Gasteiger partial charge in [-0.1, -0.05) is 30.3 Å². The Morgan fingerprint density at radius 2 is 1.94 bits per heavy atom. The molecule has 35 heavy (non-hydrogen) atoms. The van der Waals surface area contributed by atoms with Crippen LogP contribution in [0.25, 0.3) is 11.2 Å². The summed E-state index contributed by atoms with van der Waals surface area (Å²) in [5, 5.41) is 3.19. The molecule has 1 aromatic carbocycles. The number of anilines is 2. The van der Waals surface area contributed by atoms with Crippen LogP contribution in [0.4, 0.5) is 11.8 Å². The predicted molar refractivity (Wildman–Crippen MR) is 124 cm³/mol. The highest BCUT2D eigenvalue weighted by Crippen LogP contribution is 2.45. The van der Waals surface area contributed by atoms with E-state index in [-0.39, 0.29) is 12.4 Å². The van der Waals surface area contributed by atoms with Crippen molar-refractivity contribution < 1.29 is 33.1 Å². The van der Waals surface area contributed by atoms with E-state index in [1.165, 1.54) is 11.9 Å². The lowest BCUT2D eigenvalue weighted by atomic mass is 10.1. The minimum atomic E-state index is -4.69. The maximum Gasteiger partial charge on any atom is 0.469 e. The number of nitrogens with one attached hydrogen (secondary N) is 1. The van der Waals surface area contributed by atoms with E-state index in [9.17, 15) is 4.57 Å². The van der Waals surface area contributed by atoms with Gasteiger partial charge in [0.2, 0.25) is 5.95 Å². The Labute approximate surface area is 200 Å². The van der Waals surface area contributed by atoms with Crippen molar-refractivity contribution in [3.8, 4) is 0 Å². The van der Waals surface area contributed by atoms with Crippen molar-refractivity contribution in [2.45, 2.75) is 50.6 Å². The van der Waals surface area contributed by atoms with Crippen LogP contribution >= 0.6 is 7.82 Å². The molecule has 14 heteroatoms. The number of aromatic nitrogens is 4. The molecule has 0 unspecified atom stereocenters. The summed E-state index contributed by atoms with van der Waals surface area (Å²) in [6.45, 7) is 3.73. The number of nitrogens with zero attached hydrogens (tertiary/aromatic N) is 4. The molecule has 2 saturated heterocycles. The average Bonchev–Trinajstić information content (AvgIpc) is 3.43. The highest BCUT2D eigenvalue weighted by Gasteiger charge is 2.56. The maximum atomic E-state index is 11.2. The third-order valence-corrected chi connectivity index (χ3v) is 6.28. The van der Waals surface area contributed by atoms with Crippen LogP contribution in [-0.2, 0) is 29.7 Å². The zero-order chi connectivity index (χ0) is 24.8. The minimum Gasteiger partial charge on any atom is -0.382 e. The van der Waals surface area contributed by atoms with Gasteiger partial charge in [-0.15, -0.1) is 0 Å². The number of nitrogens with two attached hydrogens (primary N) is 1. The van der Waals surface area contributed by atoms with Crippen LogP contribution in [0.3, 0.4) is 0 Å². The van der Waals surface area contributed by atoms with Gasteiger partial charge in [-0.2, -0.15) is 9.97 Å². The molecule has 0 saturated carbocycles. The van der Waals surface area contributed by atoms with Gasteiger partial charge in [-0.25, -0.2) is 9.55 Å². The summed E-state index contributed by atoms with van der Waals surface area (Å²) in [5.41, 5.74) is 8.15. The molecule has 2 fully saturated rings. The molecule has 0 radical (unpaired) electrons. The number of ether oxygens (including phenoxy) is 3. The summed E-state index contributed by atoms with van der Waals surface area (Å²) in [6.07, 6.45) is -0.465. The van der Waals surface area contributed by atoms with Crippen LogP contribution in [0, 0.1) is 0 Å². The van der Waals surface area contributed by atoms with E-state index in [4.69, 9.17) is 29.7 Å². The van der Waals surface area contributed by atoms with Gasteiger partial charge >= 0.3 is 7.82 Å². The van der Waals surface area contributed by atoms with E-state index < -0.39 is 38.1 Å². The first-order valence-corrected chi connectivity index (χ1v) is 12.6. The van der Waals surface area contributed by atoms with Gasteiger partial charge in [0.15, 0.2) is 23.5 Å². The molecule has 5 N–H and O–H groups in total. The van der Waals surface area contributed by atoms with E-state index >= 15 is 0 Å². The van der Waals surface area contributed by atoms with Crippen molar-refractivity contribution in [1.29, 1.82) is 0 Å². The molecule has 4 heterocycles. The van der Waals surface area contributed by atoms with Crippen LogP contribution in [0.15, 0.2) is 36.7 Å². The second kappa shape index (κ2) is 9.10. The highest BCUT2D eigenvalue weighted by atomic mass is 31.2. The SMILES string of the molecule is CC1(C)O[C@@H]2[C@H](O1)[C@@H](COP(=O)(O)O)O[C@H]2n1cnc2c(N)nc(NCCc3ccccc3)nc21. The summed E-state index contributed by atoms with van der Waals surface area (Å²) >= 11 is 0. The summed E-state index contributed by atoms with van der Waals surface area (Å²) in [4.78, 5) is 31.5. The largest absolute Gasteiger partial charge is 0.469 e. The fraction of sp³-hybridized carbons (Fsp3) is 0.476. The molecule has 0 bridgehead atoms. The molecule has 4 atom stereocenters. The van der Waals surface area contributed by atoms with Crippen molar-refractivity contribution in [2.24, 2.45) is 0 Å². The Morgan fingerprint density at radius 3 is 2.69 bits per heavy atom. The van der Waals surface area contributed by atoms with Gasteiger partial charge in [0.1, 0.15) is 23.8 Å². The van der Waals surface area contributed by atoms with Gasteiger partial charge in [0.05, 0.1) is 12.9 Å². The first-order valence-electron chi connectivity index (χ1n) is 11.1. The molecule has 5 rings (SSSR count). The smallest absolute Gasteiger partial charge is 0.382 e. The first kappa shape index (κ1) is 24.1. The molecule has 2 aliphatic heterocycles. The lowest BCUT2D eigenvalue weighted by Crippen LogP contribution is -2.32. The third-order valence-electron chi connectivity index (χ3n) is 5.79. The monoisotopic (exact) mass is 506 g/mol. The third kappa shape index (κ3) is 5.16. The van der Waals surface area contributed by atoms with Crippen molar-refractivity contribution in [3.05, 3.63) is 42.2 Å². The number of fused-ring (bicyclic) bond motifs is 2. The molecule has 0 aliphatic carbocycles. The molecule has 188 valence electrons. The number of nitrogen functional groups attached to an aromatic ring is 1.